The van der Waals surface area contributed by atoms with Crippen molar-refractivity contribution in [3.05, 3.63) is 52.3 Å². The van der Waals surface area contributed by atoms with E-state index in [-0.39, 0.29) is 11.9 Å². The van der Waals surface area contributed by atoms with Gasteiger partial charge in [-0.05, 0) is 42.0 Å². The van der Waals surface area contributed by atoms with Crippen LogP contribution in [0.1, 0.15) is 16.2 Å². The number of benzene rings is 2. The molecular weight excluding hydrogens is 322 g/mol. The maximum atomic E-state index is 12.1. The first-order chi connectivity index (χ1) is 9.61. The zero-order valence-corrected chi connectivity index (χ0v) is 12.1. The average Bonchev–Trinajstić information content (AvgIpc) is 2.83. The van der Waals surface area contributed by atoms with Crippen molar-refractivity contribution in [3.63, 3.8) is 0 Å². The van der Waals surface area contributed by atoms with Gasteiger partial charge in [0, 0.05) is 10.0 Å². The second-order valence-electron chi connectivity index (χ2n) is 4.31. The fourth-order valence-electron chi connectivity index (χ4n) is 1.87. The van der Waals surface area contributed by atoms with E-state index in [0.717, 1.165) is 15.2 Å². The van der Waals surface area contributed by atoms with E-state index in [9.17, 15) is 4.79 Å². The third-order valence-electron chi connectivity index (χ3n) is 2.81. The number of hydrogen-bond acceptors (Lipinski definition) is 4. The van der Waals surface area contributed by atoms with Crippen molar-refractivity contribution in [1.29, 1.82) is 0 Å². The van der Waals surface area contributed by atoms with Gasteiger partial charge in [-0.3, -0.25) is 10.1 Å². The molecule has 3 rings (SSSR count). The topological polar surface area (TPSA) is 68.0 Å². The molecule has 0 unspecified atom stereocenters. The van der Waals surface area contributed by atoms with Crippen molar-refractivity contribution in [2.75, 3.05) is 5.32 Å². The van der Waals surface area contributed by atoms with E-state index < -0.39 is 0 Å². The molecule has 0 aliphatic carbocycles. The largest absolute Gasteiger partial charge is 0.328 e. The van der Waals surface area contributed by atoms with E-state index in [1.165, 1.54) is 0 Å². The number of carbonyl (C=O) groups excluding carboxylic acids is 1. The fraction of sp³-hybridized carbons (Fsp3) is 0.0714. The zero-order valence-electron chi connectivity index (χ0n) is 10.6. The van der Waals surface area contributed by atoms with Gasteiger partial charge < -0.3 is 4.52 Å². The summed E-state index contributed by atoms with van der Waals surface area (Å²) in [5.74, 6) is 0.196. The molecule has 20 heavy (non-hydrogen) atoms. The summed E-state index contributed by atoms with van der Waals surface area (Å²) in [7, 11) is 0. The molecule has 1 N–H and O–H groups in total. The third-order valence-corrected chi connectivity index (χ3v) is 3.31. The molecule has 0 aliphatic rings. The van der Waals surface area contributed by atoms with Gasteiger partial charge in [0.15, 0.2) is 5.82 Å². The van der Waals surface area contributed by atoms with Gasteiger partial charge in [0.05, 0.1) is 0 Å². The minimum atomic E-state index is -0.279. The monoisotopic (exact) mass is 331 g/mol. The van der Waals surface area contributed by atoms with E-state index in [1.807, 2.05) is 30.3 Å². The Hall–Kier alpha value is -2.21. The highest BCUT2D eigenvalue weighted by Crippen LogP contribution is 2.21. The first-order valence-electron chi connectivity index (χ1n) is 5.93. The van der Waals surface area contributed by atoms with Crippen LogP contribution in [0.2, 0.25) is 0 Å². The van der Waals surface area contributed by atoms with Crippen LogP contribution in [0.4, 0.5) is 6.01 Å². The summed E-state index contributed by atoms with van der Waals surface area (Å²) in [6, 6.07) is 11.5. The normalized spacial score (nSPS) is 10.7. The van der Waals surface area contributed by atoms with Crippen LogP contribution in [0, 0.1) is 6.92 Å². The van der Waals surface area contributed by atoms with E-state index in [4.69, 9.17) is 4.52 Å². The van der Waals surface area contributed by atoms with Crippen molar-refractivity contribution in [3.8, 4) is 0 Å². The Bertz CT molecular complexity index is 798. The SMILES string of the molecule is Cc1noc(NC(=O)c2ccc3cc(Br)ccc3c2)n1. The molecule has 1 aromatic heterocycles. The summed E-state index contributed by atoms with van der Waals surface area (Å²) < 4.78 is 5.86. The molecule has 0 radical (unpaired) electrons. The van der Waals surface area contributed by atoms with Crippen molar-refractivity contribution in [1.82, 2.24) is 10.1 Å². The smallest absolute Gasteiger partial charge is 0.315 e. The maximum Gasteiger partial charge on any atom is 0.328 e. The number of aryl methyl sites for hydroxylation is 1. The van der Waals surface area contributed by atoms with Crippen LogP contribution < -0.4 is 5.32 Å². The van der Waals surface area contributed by atoms with Crippen molar-refractivity contribution < 1.29 is 9.32 Å². The van der Waals surface area contributed by atoms with Crippen LogP contribution >= 0.6 is 15.9 Å². The Balaban J connectivity index is 1.89. The van der Waals surface area contributed by atoms with Crippen molar-refractivity contribution >= 4 is 38.6 Å². The van der Waals surface area contributed by atoms with Crippen LogP contribution in [0.15, 0.2) is 45.4 Å². The lowest BCUT2D eigenvalue weighted by Gasteiger charge is -2.03. The molecule has 1 heterocycles. The Labute approximate surface area is 123 Å². The average molecular weight is 332 g/mol. The predicted octanol–water partition coefficient (Wildman–Crippen LogP) is 3.55. The Morgan fingerprint density at radius 2 is 1.95 bits per heavy atom. The molecule has 0 bridgehead atoms. The van der Waals surface area contributed by atoms with E-state index >= 15 is 0 Å². The van der Waals surface area contributed by atoms with Gasteiger partial charge in [-0.15, -0.1) is 0 Å². The predicted molar refractivity (Wildman–Crippen MR) is 78.6 cm³/mol. The van der Waals surface area contributed by atoms with Gasteiger partial charge in [0.1, 0.15) is 0 Å². The molecule has 0 fully saturated rings. The number of carbonyl (C=O) groups is 1. The first-order valence-corrected chi connectivity index (χ1v) is 6.72. The highest BCUT2D eigenvalue weighted by molar-refractivity contribution is 9.10. The van der Waals surface area contributed by atoms with Crippen molar-refractivity contribution in [2.24, 2.45) is 0 Å². The molecule has 0 saturated carbocycles. The molecule has 2 aromatic carbocycles. The summed E-state index contributed by atoms with van der Waals surface area (Å²) in [6.07, 6.45) is 0. The molecular formula is C14H10BrN3O2. The molecule has 100 valence electrons. The number of nitrogens with one attached hydrogen (secondary N) is 1. The van der Waals surface area contributed by atoms with Crippen LogP contribution in [-0.2, 0) is 0 Å². The van der Waals surface area contributed by atoms with Gasteiger partial charge in [-0.1, -0.05) is 33.2 Å². The number of fused-ring (bicyclic) bond motifs is 1. The van der Waals surface area contributed by atoms with Gasteiger partial charge >= 0.3 is 6.01 Å². The van der Waals surface area contributed by atoms with Gasteiger partial charge in [0.2, 0.25) is 0 Å². The Morgan fingerprint density at radius 3 is 2.70 bits per heavy atom. The number of nitrogens with zero attached hydrogens (tertiary/aromatic N) is 2. The summed E-state index contributed by atoms with van der Waals surface area (Å²) in [4.78, 5) is 16.0. The highest BCUT2D eigenvalue weighted by Gasteiger charge is 2.10. The summed E-state index contributed by atoms with van der Waals surface area (Å²) in [6.45, 7) is 1.69. The summed E-state index contributed by atoms with van der Waals surface area (Å²) in [5, 5.41) is 8.23. The standard InChI is InChI=1S/C14H10BrN3O2/c1-8-16-14(20-18-8)17-13(19)11-3-2-10-7-12(15)5-4-9(10)6-11/h2-7H,1H3,(H,16,17,18,19). The lowest BCUT2D eigenvalue weighted by atomic mass is 10.1. The van der Waals surface area contributed by atoms with Crippen LogP contribution in [-0.4, -0.2) is 16.0 Å². The molecule has 1 amide bonds. The van der Waals surface area contributed by atoms with Gasteiger partial charge in [-0.25, -0.2) is 0 Å². The van der Waals surface area contributed by atoms with Crippen LogP contribution in [0.25, 0.3) is 10.8 Å². The Kier molecular flexibility index (Phi) is 3.23. The number of amides is 1. The molecule has 6 heteroatoms. The van der Waals surface area contributed by atoms with E-state index in [2.05, 4.69) is 31.4 Å². The number of hydrogen-bond donors (Lipinski definition) is 1. The Morgan fingerprint density at radius 1 is 1.20 bits per heavy atom. The highest BCUT2D eigenvalue weighted by atomic mass is 79.9. The van der Waals surface area contributed by atoms with Crippen LogP contribution in [0.5, 0.6) is 0 Å². The third kappa shape index (κ3) is 2.55. The molecule has 5 nitrogen and oxygen atoms in total. The lowest BCUT2D eigenvalue weighted by Crippen LogP contribution is -2.12. The lowest BCUT2D eigenvalue weighted by molar-refractivity contribution is 0.102. The number of anilines is 1. The molecule has 0 spiro atoms. The second-order valence-corrected chi connectivity index (χ2v) is 5.22. The van der Waals surface area contributed by atoms with E-state index in [1.54, 1.807) is 13.0 Å². The van der Waals surface area contributed by atoms with Crippen LogP contribution in [0.3, 0.4) is 0 Å². The quantitative estimate of drug-likeness (QED) is 0.779. The first kappa shape index (κ1) is 12.8. The van der Waals surface area contributed by atoms with Gasteiger partial charge in [0.25, 0.3) is 5.91 Å². The number of rotatable bonds is 2. The number of halogens is 1. The fourth-order valence-corrected chi connectivity index (χ4v) is 2.25. The number of aromatic nitrogens is 2. The van der Waals surface area contributed by atoms with Crippen molar-refractivity contribution in [2.45, 2.75) is 6.92 Å². The molecule has 0 saturated heterocycles. The second kappa shape index (κ2) is 5.05. The van der Waals surface area contributed by atoms with Gasteiger partial charge in [-0.2, -0.15) is 4.98 Å². The minimum Gasteiger partial charge on any atom is -0.315 e. The minimum absolute atomic E-state index is 0.100. The summed E-state index contributed by atoms with van der Waals surface area (Å²) in [5.41, 5.74) is 0.538. The molecule has 3 aromatic rings. The zero-order chi connectivity index (χ0) is 14.1. The summed E-state index contributed by atoms with van der Waals surface area (Å²) >= 11 is 3.42. The maximum absolute atomic E-state index is 12.1. The molecule has 0 aliphatic heterocycles. The molecule has 0 atom stereocenters. The van der Waals surface area contributed by atoms with E-state index in [0.29, 0.717) is 11.4 Å².